The first-order valence-electron chi connectivity index (χ1n) is 5.82. The molecule has 0 amide bonds. The number of rotatable bonds is 2. The van der Waals surface area contributed by atoms with Crippen molar-refractivity contribution in [2.24, 2.45) is 0 Å². The van der Waals surface area contributed by atoms with Crippen molar-refractivity contribution in [1.29, 1.82) is 0 Å². The van der Waals surface area contributed by atoms with Crippen molar-refractivity contribution in [2.45, 2.75) is 38.2 Å². The van der Waals surface area contributed by atoms with Crippen LogP contribution in [0.1, 0.15) is 31.2 Å². The zero-order valence-electron chi connectivity index (χ0n) is 9.39. The van der Waals surface area contributed by atoms with Crippen LogP contribution in [-0.4, -0.2) is 16.2 Å². The topological polar surface area (TPSA) is 59.1 Å². The second-order valence-corrected chi connectivity index (χ2v) is 4.40. The van der Waals surface area contributed by atoms with Gasteiger partial charge in [-0.2, -0.15) is 0 Å². The van der Waals surface area contributed by atoms with Crippen molar-refractivity contribution in [3.05, 3.63) is 35.5 Å². The number of nitrogens with zero attached hydrogens (tertiary/aromatic N) is 1. The Morgan fingerprint density at radius 1 is 1.44 bits per heavy atom. The minimum atomic E-state index is -0.267. The number of aliphatic hydroxyl groups excluding tert-OH is 1. The van der Waals surface area contributed by atoms with Gasteiger partial charge < -0.3 is 10.8 Å². The summed E-state index contributed by atoms with van der Waals surface area (Å²) in [5, 5.41) is 9.68. The van der Waals surface area contributed by atoms with E-state index in [0.717, 1.165) is 25.7 Å². The maximum atomic E-state index is 9.68. The molecule has 3 nitrogen and oxygen atoms in total. The van der Waals surface area contributed by atoms with Crippen molar-refractivity contribution >= 4 is 5.82 Å². The number of nitrogens with two attached hydrogens (primary N) is 1. The summed E-state index contributed by atoms with van der Waals surface area (Å²) >= 11 is 0. The van der Waals surface area contributed by atoms with E-state index in [2.05, 4.69) is 4.98 Å². The summed E-state index contributed by atoms with van der Waals surface area (Å²) in [6.45, 7) is 0. The van der Waals surface area contributed by atoms with E-state index in [1.807, 2.05) is 18.2 Å². The molecule has 1 aromatic heterocycles. The molecule has 0 fully saturated rings. The average molecular weight is 218 g/mol. The van der Waals surface area contributed by atoms with Gasteiger partial charge in [0.15, 0.2) is 0 Å². The molecular weight excluding hydrogens is 200 g/mol. The van der Waals surface area contributed by atoms with E-state index < -0.39 is 0 Å². The van der Waals surface area contributed by atoms with E-state index in [0.29, 0.717) is 5.82 Å². The summed E-state index contributed by atoms with van der Waals surface area (Å²) in [7, 11) is 0. The molecule has 16 heavy (non-hydrogen) atoms. The van der Waals surface area contributed by atoms with Crippen LogP contribution in [0.3, 0.4) is 0 Å². The predicted octanol–water partition coefficient (Wildman–Crippen LogP) is 2.07. The lowest BCUT2D eigenvalue weighted by Crippen LogP contribution is -2.01. The van der Waals surface area contributed by atoms with Gasteiger partial charge in [0.1, 0.15) is 5.82 Å². The molecule has 1 heterocycles. The Morgan fingerprint density at radius 3 is 3.12 bits per heavy atom. The molecule has 1 aliphatic carbocycles. The normalized spacial score (nSPS) is 21.3. The molecule has 0 saturated carbocycles. The molecule has 2 rings (SSSR count). The van der Waals surface area contributed by atoms with Gasteiger partial charge in [-0.1, -0.05) is 18.1 Å². The molecule has 3 N–H and O–H groups in total. The summed E-state index contributed by atoms with van der Waals surface area (Å²) in [6.07, 6.45) is 8.60. The molecule has 0 radical (unpaired) electrons. The van der Waals surface area contributed by atoms with Crippen molar-refractivity contribution in [2.75, 3.05) is 5.73 Å². The number of allylic oxidation sites excluding steroid dienone is 1. The number of aliphatic hydroxyl groups is 1. The van der Waals surface area contributed by atoms with Gasteiger partial charge in [-0.3, -0.25) is 0 Å². The number of hydrogen-bond acceptors (Lipinski definition) is 3. The van der Waals surface area contributed by atoms with Crippen LogP contribution in [0.2, 0.25) is 0 Å². The summed E-state index contributed by atoms with van der Waals surface area (Å²) in [4.78, 5) is 3.98. The maximum absolute atomic E-state index is 9.68. The zero-order chi connectivity index (χ0) is 11.4. The average Bonchev–Trinajstić information content (AvgIpc) is 2.43. The highest BCUT2D eigenvalue weighted by Crippen LogP contribution is 2.21. The Balaban J connectivity index is 2.08. The molecular formula is C13H18N2O. The highest BCUT2D eigenvalue weighted by atomic mass is 16.3. The molecule has 0 aliphatic heterocycles. The highest BCUT2D eigenvalue weighted by Gasteiger charge is 2.09. The minimum absolute atomic E-state index is 0.267. The predicted molar refractivity (Wildman–Crippen MR) is 64.9 cm³/mol. The summed E-state index contributed by atoms with van der Waals surface area (Å²) in [5.41, 5.74) is 8.13. The molecule has 0 saturated heterocycles. The lowest BCUT2D eigenvalue weighted by molar-refractivity contribution is 0.211. The van der Waals surface area contributed by atoms with Gasteiger partial charge in [0, 0.05) is 6.20 Å². The lowest BCUT2D eigenvalue weighted by atomic mass is 10.0. The van der Waals surface area contributed by atoms with Crippen molar-refractivity contribution in [3.8, 4) is 0 Å². The fourth-order valence-electron chi connectivity index (χ4n) is 2.16. The van der Waals surface area contributed by atoms with Crippen LogP contribution < -0.4 is 5.73 Å². The van der Waals surface area contributed by atoms with E-state index in [1.165, 1.54) is 17.6 Å². The lowest BCUT2D eigenvalue weighted by Gasteiger charge is -2.06. The standard InChI is InChI=1S/C13H18N2O/c14-13-9-11(5-6-15-13)7-10-3-1-2-4-12(16)8-10/h5-6,8-9,12,16H,1-4,7H2,(H2,14,15). The van der Waals surface area contributed by atoms with Gasteiger partial charge in [0.05, 0.1) is 6.10 Å². The third-order valence-electron chi connectivity index (χ3n) is 2.95. The van der Waals surface area contributed by atoms with Gasteiger partial charge in [-0.25, -0.2) is 4.98 Å². The Morgan fingerprint density at radius 2 is 2.31 bits per heavy atom. The molecule has 86 valence electrons. The third kappa shape index (κ3) is 3.07. The van der Waals surface area contributed by atoms with Gasteiger partial charge in [-0.05, 0) is 43.4 Å². The van der Waals surface area contributed by atoms with Crippen LogP contribution >= 0.6 is 0 Å². The van der Waals surface area contributed by atoms with Crippen LogP contribution in [0, 0.1) is 0 Å². The Labute approximate surface area is 96.0 Å². The first kappa shape index (κ1) is 11.1. The Bertz CT molecular complexity index is 387. The fourth-order valence-corrected chi connectivity index (χ4v) is 2.16. The Hall–Kier alpha value is -1.35. The van der Waals surface area contributed by atoms with Crippen LogP contribution in [0.4, 0.5) is 5.82 Å². The number of pyridine rings is 1. The van der Waals surface area contributed by atoms with Crippen molar-refractivity contribution in [1.82, 2.24) is 4.98 Å². The van der Waals surface area contributed by atoms with Crippen molar-refractivity contribution in [3.63, 3.8) is 0 Å². The number of anilines is 1. The molecule has 1 aromatic rings. The second-order valence-electron chi connectivity index (χ2n) is 4.40. The van der Waals surface area contributed by atoms with E-state index in [-0.39, 0.29) is 6.10 Å². The van der Waals surface area contributed by atoms with Crippen LogP contribution in [0.15, 0.2) is 30.0 Å². The Kier molecular flexibility index (Phi) is 3.57. The van der Waals surface area contributed by atoms with E-state index >= 15 is 0 Å². The second kappa shape index (κ2) is 5.12. The van der Waals surface area contributed by atoms with Gasteiger partial charge >= 0.3 is 0 Å². The minimum Gasteiger partial charge on any atom is -0.389 e. The summed E-state index contributed by atoms with van der Waals surface area (Å²) in [6, 6.07) is 3.88. The smallest absolute Gasteiger partial charge is 0.123 e. The maximum Gasteiger partial charge on any atom is 0.123 e. The molecule has 0 spiro atoms. The number of aromatic nitrogens is 1. The van der Waals surface area contributed by atoms with E-state index in [9.17, 15) is 5.11 Å². The molecule has 0 aromatic carbocycles. The molecule has 1 aliphatic rings. The quantitative estimate of drug-likeness (QED) is 0.747. The monoisotopic (exact) mass is 218 g/mol. The van der Waals surface area contributed by atoms with Gasteiger partial charge in [-0.15, -0.1) is 0 Å². The van der Waals surface area contributed by atoms with Crippen LogP contribution in [-0.2, 0) is 6.42 Å². The molecule has 1 atom stereocenters. The molecule has 3 heteroatoms. The largest absolute Gasteiger partial charge is 0.389 e. The third-order valence-corrected chi connectivity index (χ3v) is 2.95. The van der Waals surface area contributed by atoms with Crippen LogP contribution in [0.5, 0.6) is 0 Å². The summed E-state index contributed by atoms with van der Waals surface area (Å²) in [5.74, 6) is 0.562. The molecule has 1 unspecified atom stereocenters. The number of hydrogen-bond donors (Lipinski definition) is 2. The first-order valence-corrected chi connectivity index (χ1v) is 5.82. The fraction of sp³-hybridized carbons (Fsp3) is 0.462. The molecule has 0 bridgehead atoms. The first-order chi connectivity index (χ1) is 7.74. The van der Waals surface area contributed by atoms with Gasteiger partial charge in [0.25, 0.3) is 0 Å². The highest BCUT2D eigenvalue weighted by molar-refractivity contribution is 5.34. The SMILES string of the molecule is Nc1cc(CC2=CC(O)CCCC2)ccn1. The van der Waals surface area contributed by atoms with Crippen molar-refractivity contribution < 1.29 is 5.11 Å². The van der Waals surface area contributed by atoms with E-state index in [1.54, 1.807) is 6.20 Å². The number of nitrogen functional groups attached to an aromatic ring is 1. The van der Waals surface area contributed by atoms with Gasteiger partial charge in [0.2, 0.25) is 0 Å². The van der Waals surface area contributed by atoms with E-state index in [4.69, 9.17) is 5.73 Å². The van der Waals surface area contributed by atoms with Crippen LogP contribution in [0.25, 0.3) is 0 Å². The zero-order valence-corrected chi connectivity index (χ0v) is 9.39. The summed E-state index contributed by atoms with van der Waals surface area (Å²) < 4.78 is 0.